The van der Waals surface area contributed by atoms with Crippen LogP contribution in [0.3, 0.4) is 0 Å². The Balaban J connectivity index is 2.38. The maximum absolute atomic E-state index is 11.2. The van der Waals surface area contributed by atoms with E-state index < -0.39 is 18.6 Å². The fourth-order valence-electron chi connectivity index (χ4n) is 2.13. The van der Waals surface area contributed by atoms with Crippen molar-refractivity contribution in [1.82, 2.24) is 5.32 Å². The lowest BCUT2D eigenvalue weighted by atomic mass is 9.81. The van der Waals surface area contributed by atoms with Crippen molar-refractivity contribution in [2.75, 3.05) is 6.54 Å². The molecule has 0 aromatic heterocycles. The molecule has 0 aliphatic carbocycles. The number of unbranched alkanes of at least 4 members (excludes halogenated alkanes) is 1. The molecule has 0 amide bonds. The molecule has 1 rings (SSSR count). The van der Waals surface area contributed by atoms with E-state index >= 15 is 0 Å². The number of carboxylic acids is 1. The lowest BCUT2D eigenvalue weighted by Crippen LogP contribution is -2.47. The van der Waals surface area contributed by atoms with Crippen LogP contribution in [-0.4, -0.2) is 46.4 Å². The molecule has 0 aromatic rings. The highest BCUT2D eigenvalue weighted by Crippen LogP contribution is 2.25. The smallest absolute Gasteiger partial charge is 0.451 e. The zero-order valence-electron chi connectivity index (χ0n) is 9.22. The molecule has 0 saturated carbocycles. The van der Waals surface area contributed by atoms with Gasteiger partial charge >= 0.3 is 13.1 Å². The van der Waals surface area contributed by atoms with Crippen molar-refractivity contribution >= 4 is 13.1 Å². The molecule has 1 fully saturated rings. The number of nitrogens with one attached hydrogen (secondary N) is 1. The summed E-state index contributed by atoms with van der Waals surface area (Å²) < 4.78 is 0. The van der Waals surface area contributed by atoms with Gasteiger partial charge in [0, 0.05) is 12.6 Å². The number of nitrogens with two attached hydrogens (primary N) is 1. The van der Waals surface area contributed by atoms with Crippen molar-refractivity contribution in [2.24, 2.45) is 5.73 Å². The molecular formula is C9H19BN2O4. The van der Waals surface area contributed by atoms with Gasteiger partial charge in [0.1, 0.15) is 5.54 Å². The number of rotatable bonds is 6. The van der Waals surface area contributed by atoms with Crippen molar-refractivity contribution < 1.29 is 19.9 Å². The normalized spacial score (nSPS) is 29.3. The number of carbonyl (C=O) groups is 1. The molecule has 7 heteroatoms. The molecule has 1 aliphatic rings. The first-order valence-corrected chi connectivity index (χ1v) is 5.56. The van der Waals surface area contributed by atoms with Gasteiger partial charge < -0.3 is 26.2 Å². The molecule has 92 valence electrons. The molecule has 2 atom stereocenters. The van der Waals surface area contributed by atoms with Gasteiger partial charge in [-0.1, -0.05) is 12.8 Å². The van der Waals surface area contributed by atoms with Crippen LogP contribution in [0.1, 0.15) is 25.7 Å². The minimum atomic E-state index is -1.31. The molecule has 6 N–H and O–H groups in total. The van der Waals surface area contributed by atoms with Gasteiger partial charge in [0.15, 0.2) is 0 Å². The molecule has 6 nitrogen and oxygen atoms in total. The number of hydrogen-bond acceptors (Lipinski definition) is 5. The molecule has 16 heavy (non-hydrogen) atoms. The molecule has 1 aliphatic heterocycles. The Morgan fingerprint density at radius 2 is 2.19 bits per heavy atom. The maximum atomic E-state index is 11.2. The van der Waals surface area contributed by atoms with Gasteiger partial charge in [-0.05, 0) is 19.2 Å². The van der Waals surface area contributed by atoms with E-state index in [1.807, 2.05) is 0 Å². The highest BCUT2D eigenvalue weighted by molar-refractivity contribution is 6.40. The third kappa shape index (κ3) is 3.45. The fraction of sp³-hybridized carbons (Fsp3) is 0.889. The topological polar surface area (TPSA) is 116 Å². The molecule has 0 aromatic carbocycles. The predicted octanol–water partition coefficient (Wildman–Crippen LogP) is -1.23. The molecular weight excluding hydrogens is 211 g/mol. The third-order valence-corrected chi connectivity index (χ3v) is 3.04. The minimum absolute atomic E-state index is 0.112. The Hall–Kier alpha value is -0.625. The SMILES string of the molecule is NC1CNC(CCCCB(O)O)(C(=O)O)C1. The van der Waals surface area contributed by atoms with Crippen LogP contribution >= 0.6 is 0 Å². The van der Waals surface area contributed by atoms with Gasteiger partial charge in [0.2, 0.25) is 0 Å². The van der Waals surface area contributed by atoms with E-state index in [1.54, 1.807) is 0 Å². The van der Waals surface area contributed by atoms with Gasteiger partial charge in [-0.25, -0.2) is 0 Å². The van der Waals surface area contributed by atoms with Crippen LogP contribution in [0.4, 0.5) is 0 Å². The van der Waals surface area contributed by atoms with Crippen LogP contribution in [0.15, 0.2) is 0 Å². The first kappa shape index (κ1) is 13.4. The van der Waals surface area contributed by atoms with Crippen molar-refractivity contribution in [2.45, 2.75) is 43.6 Å². The summed E-state index contributed by atoms with van der Waals surface area (Å²) in [6.45, 7) is 0.523. The van der Waals surface area contributed by atoms with Crippen molar-refractivity contribution in [3.05, 3.63) is 0 Å². The highest BCUT2D eigenvalue weighted by Gasteiger charge is 2.43. The Morgan fingerprint density at radius 3 is 2.62 bits per heavy atom. The first-order valence-electron chi connectivity index (χ1n) is 5.56. The summed E-state index contributed by atoms with van der Waals surface area (Å²) >= 11 is 0. The average molecular weight is 230 g/mol. The second-order valence-electron chi connectivity index (χ2n) is 4.46. The summed E-state index contributed by atoms with van der Waals surface area (Å²) in [6.07, 6.45) is 2.43. The zero-order valence-corrected chi connectivity index (χ0v) is 9.22. The van der Waals surface area contributed by atoms with Crippen molar-refractivity contribution in [1.29, 1.82) is 0 Å². The lowest BCUT2D eigenvalue weighted by Gasteiger charge is -2.24. The van der Waals surface area contributed by atoms with E-state index in [2.05, 4.69) is 5.32 Å². The summed E-state index contributed by atoms with van der Waals surface area (Å²) in [7, 11) is -1.31. The van der Waals surface area contributed by atoms with Crippen LogP contribution < -0.4 is 11.1 Å². The number of carboxylic acid groups (broad SMARTS) is 1. The summed E-state index contributed by atoms with van der Waals surface area (Å²) in [4.78, 5) is 11.2. The van der Waals surface area contributed by atoms with E-state index in [4.69, 9.17) is 15.8 Å². The van der Waals surface area contributed by atoms with Gasteiger partial charge in [0.05, 0.1) is 0 Å². The quantitative estimate of drug-likeness (QED) is 0.288. The Labute approximate surface area is 95.0 Å². The van der Waals surface area contributed by atoms with Crippen molar-refractivity contribution in [3.63, 3.8) is 0 Å². The largest absolute Gasteiger partial charge is 0.480 e. The summed E-state index contributed by atoms with van der Waals surface area (Å²) in [5.74, 6) is -0.870. The molecule has 2 unspecified atom stereocenters. The standard InChI is InChI=1S/C9H19BN2O4/c11-7-5-9(8(13)14,12-6-7)3-1-2-4-10(15)16/h7,12,15-16H,1-6,11H2,(H,13,14). The van der Waals surface area contributed by atoms with E-state index in [-0.39, 0.29) is 12.4 Å². The fourth-order valence-corrected chi connectivity index (χ4v) is 2.13. The van der Waals surface area contributed by atoms with Crippen LogP contribution in [0.5, 0.6) is 0 Å². The minimum Gasteiger partial charge on any atom is -0.480 e. The summed E-state index contributed by atoms with van der Waals surface area (Å²) in [5, 5.41) is 29.5. The van der Waals surface area contributed by atoms with E-state index in [0.29, 0.717) is 32.2 Å². The monoisotopic (exact) mass is 230 g/mol. The van der Waals surface area contributed by atoms with Gasteiger partial charge in [0.25, 0.3) is 0 Å². The Kier molecular flexibility index (Phi) is 4.73. The predicted molar refractivity (Wildman–Crippen MR) is 59.8 cm³/mol. The van der Waals surface area contributed by atoms with Crippen molar-refractivity contribution in [3.8, 4) is 0 Å². The zero-order chi connectivity index (χ0) is 12.2. The first-order chi connectivity index (χ1) is 7.46. The second-order valence-corrected chi connectivity index (χ2v) is 4.46. The van der Waals surface area contributed by atoms with E-state index in [1.165, 1.54) is 0 Å². The molecule has 0 spiro atoms. The molecule has 1 saturated heterocycles. The summed E-state index contributed by atoms with van der Waals surface area (Å²) in [6, 6.07) is -0.112. The molecule has 0 bridgehead atoms. The van der Waals surface area contributed by atoms with Gasteiger partial charge in [-0.2, -0.15) is 0 Å². The third-order valence-electron chi connectivity index (χ3n) is 3.04. The van der Waals surface area contributed by atoms with E-state index in [0.717, 1.165) is 0 Å². The van der Waals surface area contributed by atoms with E-state index in [9.17, 15) is 9.90 Å². The van der Waals surface area contributed by atoms with Crippen LogP contribution in [0, 0.1) is 0 Å². The molecule has 0 radical (unpaired) electrons. The number of hydrogen-bond donors (Lipinski definition) is 5. The summed E-state index contributed by atoms with van der Waals surface area (Å²) in [5.41, 5.74) is 4.78. The average Bonchev–Trinajstić information content (AvgIpc) is 2.56. The van der Waals surface area contributed by atoms with Crippen LogP contribution in [0.2, 0.25) is 6.32 Å². The lowest BCUT2D eigenvalue weighted by molar-refractivity contribution is -0.144. The Bertz CT molecular complexity index is 252. The number of aliphatic carboxylic acids is 1. The van der Waals surface area contributed by atoms with Gasteiger partial charge in [-0.15, -0.1) is 0 Å². The second kappa shape index (κ2) is 5.63. The van der Waals surface area contributed by atoms with Crippen LogP contribution in [-0.2, 0) is 4.79 Å². The maximum Gasteiger partial charge on any atom is 0.451 e. The van der Waals surface area contributed by atoms with Crippen LogP contribution in [0.25, 0.3) is 0 Å². The van der Waals surface area contributed by atoms with Gasteiger partial charge in [-0.3, -0.25) is 4.79 Å². The molecule has 1 heterocycles. The highest BCUT2D eigenvalue weighted by atomic mass is 16.4. The Morgan fingerprint density at radius 1 is 1.50 bits per heavy atom.